The summed E-state index contributed by atoms with van der Waals surface area (Å²) in [7, 11) is 3.82. The number of carbonyl (C=O) groups is 1. The topological polar surface area (TPSA) is 41.6 Å². The second-order valence-corrected chi connectivity index (χ2v) is 8.47. The van der Waals surface area contributed by atoms with E-state index in [9.17, 15) is 13.6 Å². The van der Waals surface area contributed by atoms with Crippen molar-refractivity contribution in [2.24, 2.45) is 0 Å². The molecule has 0 fully saturated rings. The van der Waals surface area contributed by atoms with Gasteiger partial charge in [-0.3, -0.25) is 4.79 Å². The van der Waals surface area contributed by atoms with Crippen molar-refractivity contribution in [3.8, 4) is 11.5 Å². The first-order chi connectivity index (χ1) is 14.9. The third-order valence-corrected chi connectivity index (χ3v) is 5.50. The Hall–Kier alpha value is -2.80. The first-order valence-electron chi connectivity index (χ1n) is 10.1. The number of nitrogens with one attached hydrogen (secondary N) is 1. The second kappa shape index (κ2) is 10.5. The number of rotatable bonds is 9. The zero-order valence-corrected chi connectivity index (χ0v) is 18.7. The minimum absolute atomic E-state index is 0.0634. The highest BCUT2D eigenvalue weighted by Crippen LogP contribution is 2.42. The molecule has 0 unspecified atom stereocenters. The first-order valence-corrected chi connectivity index (χ1v) is 11.1. The fourth-order valence-corrected chi connectivity index (χ4v) is 3.94. The monoisotopic (exact) mass is 444 g/mol. The highest BCUT2D eigenvalue weighted by molar-refractivity contribution is 8.00. The molecule has 31 heavy (non-hydrogen) atoms. The smallest absolute Gasteiger partial charge is 0.168 e. The molecule has 0 saturated carbocycles. The number of carbonyl (C=O) groups excluding carboxylic acids is 1. The van der Waals surface area contributed by atoms with Crippen LogP contribution in [0.3, 0.4) is 0 Å². The van der Waals surface area contributed by atoms with Gasteiger partial charge in [-0.25, -0.2) is 8.78 Å². The predicted molar refractivity (Wildman–Crippen MR) is 123 cm³/mol. The standard InChI is InChI=1S/C24H26F2N2O2S/c1-4-31-27-18-9-11-23(30-24-10-8-17(25)12-22(24)26)20(13-18)21(14-28(2)3)19-7-5-6-16(19)15-29/h8-15,27H,4-7H2,1-3H3/b21-14+. The number of nitrogens with zero attached hydrogens (tertiary/aromatic N) is 1. The van der Waals surface area contributed by atoms with Crippen LogP contribution in [0.5, 0.6) is 11.5 Å². The van der Waals surface area contributed by atoms with Gasteiger partial charge in [0.1, 0.15) is 17.9 Å². The van der Waals surface area contributed by atoms with Gasteiger partial charge in [0.2, 0.25) is 0 Å². The van der Waals surface area contributed by atoms with Crippen molar-refractivity contribution >= 4 is 29.5 Å². The van der Waals surface area contributed by atoms with E-state index in [1.165, 1.54) is 6.07 Å². The number of hydrogen-bond donors (Lipinski definition) is 1. The van der Waals surface area contributed by atoms with Crippen molar-refractivity contribution in [2.45, 2.75) is 26.2 Å². The molecule has 0 aromatic heterocycles. The van der Waals surface area contributed by atoms with E-state index >= 15 is 0 Å². The lowest BCUT2D eigenvalue weighted by Crippen LogP contribution is -2.06. The minimum atomic E-state index is -0.776. The molecule has 164 valence electrons. The highest BCUT2D eigenvalue weighted by atomic mass is 32.2. The molecule has 0 spiro atoms. The van der Waals surface area contributed by atoms with Crippen LogP contribution in [0, 0.1) is 11.6 Å². The van der Waals surface area contributed by atoms with Gasteiger partial charge in [0.05, 0.1) is 0 Å². The number of halogens is 2. The maximum Gasteiger partial charge on any atom is 0.168 e. The van der Waals surface area contributed by atoms with Crippen LogP contribution in [-0.4, -0.2) is 31.0 Å². The Morgan fingerprint density at radius 2 is 1.94 bits per heavy atom. The largest absolute Gasteiger partial charge is 0.454 e. The molecule has 0 aliphatic heterocycles. The molecular weight excluding hydrogens is 418 g/mol. The van der Waals surface area contributed by atoms with Crippen molar-refractivity contribution in [3.63, 3.8) is 0 Å². The van der Waals surface area contributed by atoms with E-state index in [2.05, 4.69) is 4.72 Å². The third kappa shape index (κ3) is 5.67. The molecule has 0 radical (unpaired) electrons. The number of ether oxygens (including phenoxy) is 1. The molecule has 2 aromatic carbocycles. The Kier molecular flexibility index (Phi) is 7.74. The Morgan fingerprint density at radius 3 is 2.61 bits per heavy atom. The van der Waals surface area contributed by atoms with E-state index < -0.39 is 11.6 Å². The molecular formula is C24H26F2N2O2S. The summed E-state index contributed by atoms with van der Waals surface area (Å²) in [5.74, 6) is -0.195. The lowest BCUT2D eigenvalue weighted by molar-refractivity contribution is -0.105. The summed E-state index contributed by atoms with van der Waals surface area (Å²) in [6, 6.07) is 8.77. The number of hydrogen-bond acceptors (Lipinski definition) is 5. The van der Waals surface area contributed by atoms with Crippen molar-refractivity contribution in [3.05, 3.63) is 70.9 Å². The van der Waals surface area contributed by atoms with Crippen LogP contribution in [0.2, 0.25) is 0 Å². The van der Waals surface area contributed by atoms with Crippen LogP contribution in [-0.2, 0) is 4.79 Å². The lowest BCUT2D eigenvalue weighted by Gasteiger charge is -2.19. The number of aldehydes is 1. The summed E-state index contributed by atoms with van der Waals surface area (Å²) < 4.78 is 36.8. The van der Waals surface area contributed by atoms with Gasteiger partial charge < -0.3 is 14.4 Å². The Bertz CT molecular complexity index is 1020. The lowest BCUT2D eigenvalue weighted by atomic mass is 9.94. The molecule has 2 aromatic rings. The van der Waals surface area contributed by atoms with Gasteiger partial charge in [0, 0.05) is 48.9 Å². The quantitative estimate of drug-likeness (QED) is 0.357. The van der Waals surface area contributed by atoms with Crippen molar-refractivity contribution in [1.82, 2.24) is 4.90 Å². The summed E-state index contributed by atoms with van der Waals surface area (Å²) >= 11 is 1.56. The summed E-state index contributed by atoms with van der Waals surface area (Å²) in [5, 5.41) is 0. The fourth-order valence-electron chi connectivity index (χ4n) is 3.50. The maximum atomic E-state index is 14.3. The van der Waals surface area contributed by atoms with Gasteiger partial charge in [-0.15, -0.1) is 0 Å². The number of anilines is 1. The normalized spacial score (nSPS) is 14.0. The average molecular weight is 445 g/mol. The van der Waals surface area contributed by atoms with Crippen LogP contribution < -0.4 is 9.46 Å². The second-order valence-electron chi connectivity index (χ2n) is 7.40. The van der Waals surface area contributed by atoms with Gasteiger partial charge in [-0.05, 0) is 60.7 Å². The van der Waals surface area contributed by atoms with Crippen molar-refractivity contribution < 1.29 is 18.3 Å². The first kappa shape index (κ1) is 22.9. The average Bonchev–Trinajstić information content (AvgIpc) is 3.21. The van der Waals surface area contributed by atoms with Gasteiger partial charge >= 0.3 is 0 Å². The Labute approximate surface area is 186 Å². The van der Waals surface area contributed by atoms with Crippen LogP contribution in [0.4, 0.5) is 14.5 Å². The minimum Gasteiger partial charge on any atom is -0.454 e. The van der Waals surface area contributed by atoms with Crippen LogP contribution in [0.15, 0.2) is 53.7 Å². The molecule has 0 heterocycles. The van der Waals surface area contributed by atoms with Crippen molar-refractivity contribution in [1.29, 1.82) is 0 Å². The molecule has 7 heteroatoms. The highest BCUT2D eigenvalue weighted by Gasteiger charge is 2.23. The molecule has 1 aliphatic rings. The molecule has 0 saturated heterocycles. The molecule has 0 atom stereocenters. The third-order valence-electron chi connectivity index (χ3n) is 4.83. The van der Waals surface area contributed by atoms with E-state index in [1.54, 1.807) is 18.0 Å². The van der Waals surface area contributed by atoms with Crippen LogP contribution >= 0.6 is 11.9 Å². The van der Waals surface area contributed by atoms with E-state index in [0.29, 0.717) is 5.75 Å². The van der Waals surface area contributed by atoms with Gasteiger partial charge in [0.25, 0.3) is 0 Å². The molecule has 3 rings (SSSR count). The van der Waals surface area contributed by atoms with Crippen LogP contribution in [0.1, 0.15) is 31.7 Å². The molecule has 0 bridgehead atoms. The zero-order chi connectivity index (χ0) is 22.4. The Morgan fingerprint density at radius 1 is 1.16 bits per heavy atom. The Balaban J connectivity index is 2.14. The van der Waals surface area contributed by atoms with Gasteiger partial charge in [0.15, 0.2) is 11.6 Å². The number of allylic oxidation sites excluding steroid dienone is 3. The molecule has 1 N–H and O–H groups in total. The van der Waals surface area contributed by atoms with E-state index in [4.69, 9.17) is 4.74 Å². The SMILES string of the molecule is CCSNc1ccc(Oc2ccc(F)cc2F)c(/C(=C/N(C)C)C2=C(C=O)CCC2)c1. The van der Waals surface area contributed by atoms with E-state index in [-0.39, 0.29) is 5.75 Å². The summed E-state index contributed by atoms with van der Waals surface area (Å²) in [5.41, 5.74) is 4.19. The number of benzene rings is 2. The fraction of sp³-hybridized carbons (Fsp3) is 0.292. The molecule has 0 amide bonds. The van der Waals surface area contributed by atoms with Gasteiger partial charge in [-0.2, -0.15) is 0 Å². The summed E-state index contributed by atoms with van der Waals surface area (Å²) in [6.07, 6.45) is 5.28. The predicted octanol–water partition coefficient (Wildman–Crippen LogP) is 6.42. The zero-order valence-electron chi connectivity index (χ0n) is 17.9. The van der Waals surface area contributed by atoms with Gasteiger partial charge in [-0.1, -0.05) is 18.9 Å². The summed E-state index contributed by atoms with van der Waals surface area (Å²) in [6.45, 7) is 2.05. The summed E-state index contributed by atoms with van der Waals surface area (Å²) in [4.78, 5) is 13.6. The van der Waals surface area contributed by atoms with E-state index in [0.717, 1.165) is 71.4 Å². The van der Waals surface area contributed by atoms with E-state index in [1.807, 2.05) is 44.3 Å². The maximum absolute atomic E-state index is 14.3. The molecule has 4 nitrogen and oxygen atoms in total. The van der Waals surface area contributed by atoms with Crippen molar-refractivity contribution in [2.75, 3.05) is 24.6 Å². The van der Waals surface area contributed by atoms with Crippen LogP contribution in [0.25, 0.3) is 5.57 Å². The molecule has 1 aliphatic carbocycles.